The van der Waals surface area contributed by atoms with Crippen LogP contribution in [0.5, 0.6) is 0 Å². The van der Waals surface area contributed by atoms with E-state index in [-0.39, 0.29) is 0 Å². The molecule has 0 unspecified atom stereocenters. The smallest absolute Gasteiger partial charge is 0.232 e. The molecule has 0 aliphatic heterocycles. The number of hydrogen-bond acceptors (Lipinski definition) is 3. The Labute approximate surface area is 109 Å². The maximum absolute atomic E-state index is 6.18. The molecule has 92 valence electrons. The summed E-state index contributed by atoms with van der Waals surface area (Å²) in [5, 5.41) is 5.16. The first kappa shape index (κ1) is 11.3. The van der Waals surface area contributed by atoms with Crippen molar-refractivity contribution < 1.29 is 0 Å². The molecule has 0 radical (unpaired) electrons. The Morgan fingerprint density at radius 3 is 2.78 bits per heavy atom. The van der Waals surface area contributed by atoms with Gasteiger partial charge in [0.2, 0.25) is 5.78 Å². The second-order valence-corrected chi connectivity index (χ2v) is 4.45. The lowest BCUT2D eigenvalue weighted by molar-refractivity contribution is 0.924. The highest BCUT2D eigenvalue weighted by Crippen LogP contribution is 2.26. The highest BCUT2D eigenvalue weighted by molar-refractivity contribution is 6.33. The highest BCUT2D eigenvalue weighted by atomic mass is 35.5. The molecule has 0 atom stereocenters. The molecule has 2 N–H and O–H groups in total. The van der Waals surface area contributed by atoms with Crippen molar-refractivity contribution in [2.45, 2.75) is 6.54 Å². The van der Waals surface area contributed by atoms with Crippen LogP contribution >= 0.6 is 11.6 Å². The molecule has 0 bridgehead atoms. The number of aromatic nitrogens is 4. The first-order valence-corrected chi connectivity index (χ1v) is 5.94. The summed E-state index contributed by atoms with van der Waals surface area (Å²) in [7, 11) is 1.91. The van der Waals surface area contributed by atoms with E-state index in [1.807, 2.05) is 42.1 Å². The molecule has 18 heavy (non-hydrogen) atoms. The number of nitrogens with zero attached hydrogens (tertiary/aromatic N) is 4. The van der Waals surface area contributed by atoms with Gasteiger partial charge in [0.05, 0.1) is 16.9 Å². The van der Waals surface area contributed by atoms with E-state index < -0.39 is 0 Å². The molecule has 3 rings (SSSR count). The molecule has 2 heterocycles. The van der Waals surface area contributed by atoms with Crippen LogP contribution in [0.1, 0.15) is 5.69 Å². The van der Waals surface area contributed by atoms with Crippen molar-refractivity contribution in [1.29, 1.82) is 0 Å². The van der Waals surface area contributed by atoms with Crippen LogP contribution in [0.2, 0.25) is 5.02 Å². The largest absolute Gasteiger partial charge is 0.325 e. The Bertz CT molecular complexity index is 712. The molecule has 2 aromatic heterocycles. The van der Waals surface area contributed by atoms with E-state index in [2.05, 4.69) is 10.1 Å². The number of aryl methyl sites for hydroxylation is 1. The van der Waals surface area contributed by atoms with Gasteiger partial charge in [-0.25, -0.2) is 9.50 Å². The van der Waals surface area contributed by atoms with Crippen molar-refractivity contribution in [2.24, 2.45) is 12.8 Å². The number of benzene rings is 1. The Balaban J connectivity index is 2.22. The fraction of sp³-hybridized carbons (Fsp3) is 0.167. The molecule has 3 aromatic rings. The van der Waals surface area contributed by atoms with Crippen LogP contribution in [-0.2, 0) is 13.6 Å². The third-order valence-corrected chi connectivity index (χ3v) is 3.19. The zero-order valence-electron chi connectivity index (χ0n) is 9.84. The maximum atomic E-state index is 6.18. The molecule has 0 amide bonds. The van der Waals surface area contributed by atoms with Gasteiger partial charge in [0.15, 0.2) is 5.82 Å². The van der Waals surface area contributed by atoms with Gasteiger partial charge in [0.25, 0.3) is 0 Å². The second kappa shape index (κ2) is 4.12. The Kier molecular flexibility index (Phi) is 2.57. The van der Waals surface area contributed by atoms with E-state index in [4.69, 9.17) is 17.3 Å². The number of hydrogen-bond donors (Lipinski definition) is 1. The van der Waals surface area contributed by atoms with Crippen molar-refractivity contribution in [3.63, 3.8) is 0 Å². The van der Waals surface area contributed by atoms with Crippen molar-refractivity contribution in [3.8, 4) is 11.4 Å². The van der Waals surface area contributed by atoms with Crippen molar-refractivity contribution in [3.05, 3.63) is 41.2 Å². The Morgan fingerprint density at radius 2 is 2.11 bits per heavy atom. The normalized spacial score (nSPS) is 11.3. The third-order valence-electron chi connectivity index (χ3n) is 2.86. The lowest BCUT2D eigenvalue weighted by atomic mass is 10.2. The summed E-state index contributed by atoms with van der Waals surface area (Å²) in [5.74, 6) is 1.54. The zero-order valence-corrected chi connectivity index (χ0v) is 10.6. The average Bonchev–Trinajstić information content (AvgIpc) is 2.90. The molecule has 0 saturated carbocycles. The monoisotopic (exact) mass is 261 g/mol. The van der Waals surface area contributed by atoms with Gasteiger partial charge in [-0.2, -0.15) is 0 Å². The van der Waals surface area contributed by atoms with Crippen LogP contribution in [0, 0.1) is 0 Å². The Morgan fingerprint density at radius 1 is 1.33 bits per heavy atom. The minimum atomic E-state index is 0.408. The third kappa shape index (κ3) is 1.60. The first-order valence-electron chi connectivity index (χ1n) is 5.56. The summed E-state index contributed by atoms with van der Waals surface area (Å²) in [6.45, 7) is 0.408. The number of fused-ring (bicyclic) bond motifs is 1. The summed E-state index contributed by atoms with van der Waals surface area (Å²) >= 11 is 6.18. The predicted molar refractivity (Wildman–Crippen MR) is 70.3 cm³/mol. The van der Waals surface area contributed by atoms with Gasteiger partial charge in [-0.15, -0.1) is 5.10 Å². The number of halogens is 1. The summed E-state index contributed by atoms with van der Waals surface area (Å²) in [4.78, 5) is 4.40. The lowest BCUT2D eigenvalue weighted by Crippen LogP contribution is -1.98. The van der Waals surface area contributed by atoms with Gasteiger partial charge in [-0.3, -0.25) is 4.57 Å². The highest BCUT2D eigenvalue weighted by Gasteiger charge is 2.14. The quantitative estimate of drug-likeness (QED) is 0.766. The predicted octanol–water partition coefficient (Wildman–Crippen LogP) is 1.85. The summed E-state index contributed by atoms with van der Waals surface area (Å²) in [6, 6.07) is 7.62. The molecule has 6 heteroatoms. The Hall–Kier alpha value is -1.85. The molecule has 0 spiro atoms. The van der Waals surface area contributed by atoms with E-state index >= 15 is 0 Å². The lowest BCUT2D eigenvalue weighted by Gasteiger charge is -2.02. The topological polar surface area (TPSA) is 61.1 Å². The van der Waals surface area contributed by atoms with Gasteiger partial charge in [0, 0.05) is 19.2 Å². The van der Waals surface area contributed by atoms with Crippen LogP contribution in [-0.4, -0.2) is 19.2 Å². The molecule has 0 saturated heterocycles. The zero-order chi connectivity index (χ0) is 12.7. The first-order chi connectivity index (χ1) is 8.70. The van der Waals surface area contributed by atoms with E-state index in [1.165, 1.54) is 0 Å². The minimum Gasteiger partial charge on any atom is -0.325 e. The molecule has 0 aliphatic rings. The average molecular weight is 262 g/mol. The molecule has 0 fully saturated rings. The molecule has 5 nitrogen and oxygen atoms in total. The maximum Gasteiger partial charge on any atom is 0.232 e. The fourth-order valence-corrected chi connectivity index (χ4v) is 2.17. The number of imidazole rings is 1. The number of rotatable bonds is 2. The van der Waals surface area contributed by atoms with Gasteiger partial charge < -0.3 is 5.73 Å². The van der Waals surface area contributed by atoms with Gasteiger partial charge >= 0.3 is 0 Å². The van der Waals surface area contributed by atoms with Crippen molar-refractivity contribution >= 4 is 17.4 Å². The van der Waals surface area contributed by atoms with Gasteiger partial charge in [-0.05, 0) is 12.1 Å². The summed E-state index contributed by atoms with van der Waals surface area (Å²) in [5.41, 5.74) is 7.27. The van der Waals surface area contributed by atoms with Crippen LogP contribution < -0.4 is 5.73 Å². The van der Waals surface area contributed by atoms with Crippen molar-refractivity contribution in [2.75, 3.05) is 0 Å². The van der Waals surface area contributed by atoms with Gasteiger partial charge in [0.1, 0.15) is 0 Å². The van der Waals surface area contributed by atoms with Crippen LogP contribution in [0.3, 0.4) is 0 Å². The minimum absolute atomic E-state index is 0.408. The fourth-order valence-electron chi connectivity index (χ4n) is 1.95. The van der Waals surface area contributed by atoms with Crippen molar-refractivity contribution in [1.82, 2.24) is 19.2 Å². The summed E-state index contributed by atoms with van der Waals surface area (Å²) < 4.78 is 3.63. The summed E-state index contributed by atoms with van der Waals surface area (Å²) in [6.07, 6.45) is 1.83. The van der Waals surface area contributed by atoms with Crippen LogP contribution in [0.4, 0.5) is 0 Å². The van der Waals surface area contributed by atoms with E-state index in [9.17, 15) is 0 Å². The second-order valence-electron chi connectivity index (χ2n) is 4.04. The molecule has 0 aliphatic carbocycles. The van der Waals surface area contributed by atoms with E-state index in [0.717, 1.165) is 22.9 Å². The molecule has 1 aromatic carbocycles. The van der Waals surface area contributed by atoms with Crippen LogP contribution in [0.15, 0.2) is 30.5 Å². The molecular formula is C12H12ClN5. The van der Waals surface area contributed by atoms with E-state index in [0.29, 0.717) is 11.6 Å². The standard InChI is InChI=1S/C12H12ClN5/c1-17-11(9-4-2-3-5-10(9)13)16-18-7-8(6-14)15-12(17)18/h2-5,7H,6,14H2,1H3. The number of nitrogens with two attached hydrogens (primary N) is 1. The van der Waals surface area contributed by atoms with Crippen LogP contribution in [0.25, 0.3) is 17.2 Å². The SMILES string of the molecule is Cn1c(-c2ccccc2Cl)nn2cc(CN)nc12. The van der Waals surface area contributed by atoms with E-state index in [1.54, 1.807) is 4.52 Å². The van der Waals surface area contributed by atoms with Gasteiger partial charge in [-0.1, -0.05) is 23.7 Å². The molecular weight excluding hydrogens is 250 g/mol.